The van der Waals surface area contributed by atoms with Crippen molar-refractivity contribution in [2.75, 3.05) is 17.7 Å². The van der Waals surface area contributed by atoms with Crippen molar-refractivity contribution < 1.29 is 9.18 Å². The summed E-state index contributed by atoms with van der Waals surface area (Å²) in [7, 11) is 1.79. The van der Waals surface area contributed by atoms with Gasteiger partial charge in [-0.2, -0.15) is 5.26 Å². The van der Waals surface area contributed by atoms with Crippen molar-refractivity contribution in [1.82, 2.24) is 0 Å². The van der Waals surface area contributed by atoms with Crippen molar-refractivity contribution in [1.29, 1.82) is 5.26 Å². The predicted molar refractivity (Wildman–Crippen MR) is 79.8 cm³/mol. The number of hydrogen-bond donors (Lipinski definition) is 2. The summed E-state index contributed by atoms with van der Waals surface area (Å²) in [5.74, 6) is -1.03. The van der Waals surface area contributed by atoms with Gasteiger partial charge in [0.15, 0.2) is 0 Å². The largest absolute Gasteiger partial charge is 0.388 e. The van der Waals surface area contributed by atoms with Gasteiger partial charge in [0.05, 0.1) is 5.69 Å². The number of rotatable bonds is 3. The minimum atomic E-state index is -0.655. The molecule has 21 heavy (non-hydrogen) atoms. The zero-order chi connectivity index (χ0) is 15.4. The molecule has 106 valence electrons. The van der Waals surface area contributed by atoms with E-state index in [1.165, 1.54) is 18.2 Å². The van der Waals surface area contributed by atoms with Crippen LogP contribution in [-0.4, -0.2) is 13.0 Å². The number of aryl methyl sites for hydroxylation is 1. The van der Waals surface area contributed by atoms with Crippen molar-refractivity contribution in [3.05, 3.63) is 58.9 Å². The average molecular weight is 283 g/mol. The van der Waals surface area contributed by atoms with Gasteiger partial charge in [-0.15, -0.1) is 0 Å². The van der Waals surface area contributed by atoms with Gasteiger partial charge >= 0.3 is 0 Å². The molecule has 2 aromatic rings. The third-order valence-electron chi connectivity index (χ3n) is 3.13. The fourth-order valence-corrected chi connectivity index (χ4v) is 2.01. The molecule has 2 aromatic carbocycles. The first-order valence-electron chi connectivity index (χ1n) is 6.35. The third-order valence-corrected chi connectivity index (χ3v) is 3.13. The minimum absolute atomic E-state index is 0.166. The molecule has 0 spiro atoms. The summed E-state index contributed by atoms with van der Waals surface area (Å²) in [6, 6.07) is 11.2. The quantitative estimate of drug-likeness (QED) is 0.908. The number of carbonyl (C=O) groups excluding carboxylic acids is 1. The Morgan fingerprint density at radius 2 is 2.05 bits per heavy atom. The summed E-state index contributed by atoms with van der Waals surface area (Å²) in [6.07, 6.45) is 0. The molecular formula is C16H14FN3O. The van der Waals surface area contributed by atoms with Crippen molar-refractivity contribution >= 4 is 17.3 Å². The van der Waals surface area contributed by atoms with Gasteiger partial charge in [0, 0.05) is 18.3 Å². The van der Waals surface area contributed by atoms with E-state index in [-0.39, 0.29) is 17.2 Å². The molecule has 0 unspecified atom stereocenters. The first kappa shape index (κ1) is 14.5. The van der Waals surface area contributed by atoms with Crippen LogP contribution in [0.4, 0.5) is 15.8 Å². The topological polar surface area (TPSA) is 64.9 Å². The first-order valence-corrected chi connectivity index (χ1v) is 6.35. The highest BCUT2D eigenvalue weighted by Crippen LogP contribution is 2.20. The Kier molecular flexibility index (Phi) is 4.19. The van der Waals surface area contributed by atoms with Crippen molar-refractivity contribution in [2.45, 2.75) is 6.92 Å². The van der Waals surface area contributed by atoms with Gasteiger partial charge in [-0.05, 0) is 42.8 Å². The number of benzene rings is 2. The molecule has 1 amide bonds. The van der Waals surface area contributed by atoms with Gasteiger partial charge in [-0.3, -0.25) is 4.79 Å². The lowest BCUT2D eigenvalue weighted by molar-refractivity contribution is 0.102. The van der Waals surface area contributed by atoms with Gasteiger partial charge in [-0.1, -0.05) is 6.07 Å². The van der Waals surface area contributed by atoms with Crippen LogP contribution in [0.25, 0.3) is 0 Å². The highest BCUT2D eigenvalue weighted by atomic mass is 19.1. The normalized spacial score (nSPS) is 9.81. The van der Waals surface area contributed by atoms with Crippen molar-refractivity contribution in [3.8, 4) is 6.07 Å². The molecule has 4 nitrogen and oxygen atoms in total. The maximum Gasteiger partial charge on any atom is 0.255 e. The van der Waals surface area contributed by atoms with Gasteiger partial charge in [-0.25, -0.2) is 4.39 Å². The summed E-state index contributed by atoms with van der Waals surface area (Å²) in [5, 5.41) is 14.5. The standard InChI is InChI=1S/C16H14FN3O/c1-10-8-11(19-2)6-7-12(10)16(21)20-15-5-3-4-14(17)13(15)9-18/h3-8,19H,1-2H3,(H,20,21). The number of nitriles is 1. The Balaban J connectivity index is 2.31. The monoisotopic (exact) mass is 283 g/mol. The van der Waals surface area contributed by atoms with Crippen molar-refractivity contribution in [2.24, 2.45) is 0 Å². The molecule has 2 rings (SSSR count). The van der Waals surface area contributed by atoms with E-state index in [1.807, 2.05) is 13.0 Å². The summed E-state index contributed by atoms with van der Waals surface area (Å²) in [6.45, 7) is 1.81. The number of amides is 1. The lowest BCUT2D eigenvalue weighted by Gasteiger charge is -2.10. The Hall–Kier alpha value is -2.87. The highest BCUT2D eigenvalue weighted by molar-refractivity contribution is 6.06. The SMILES string of the molecule is CNc1ccc(C(=O)Nc2cccc(F)c2C#N)c(C)c1. The zero-order valence-corrected chi connectivity index (χ0v) is 11.7. The molecule has 0 aliphatic carbocycles. The zero-order valence-electron chi connectivity index (χ0n) is 11.7. The molecular weight excluding hydrogens is 269 g/mol. The van der Waals surface area contributed by atoms with E-state index < -0.39 is 5.82 Å². The Bertz CT molecular complexity index is 735. The maximum absolute atomic E-state index is 13.5. The fourth-order valence-electron chi connectivity index (χ4n) is 2.01. The highest BCUT2D eigenvalue weighted by Gasteiger charge is 2.13. The summed E-state index contributed by atoms with van der Waals surface area (Å²) < 4.78 is 13.5. The van der Waals surface area contributed by atoms with Crippen LogP contribution in [-0.2, 0) is 0 Å². The molecule has 5 heteroatoms. The first-order chi connectivity index (χ1) is 10.1. The maximum atomic E-state index is 13.5. The molecule has 0 atom stereocenters. The van der Waals surface area contributed by atoms with E-state index in [0.29, 0.717) is 5.56 Å². The molecule has 0 bridgehead atoms. The second-order valence-electron chi connectivity index (χ2n) is 4.51. The second-order valence-corrected chi connectivity index (χ2v) is 4.51. The molecule has 0 saturated heterocycles. The fraction of sp³-hybridized carbons (Fsp3) is 0.125. The molecule has 2 N–H and O–H groups in total. The Morgan fingerprint density at radius 3 is 2.67 bits per heavy atom. The minimum Gasteiger partial charge on any atom is -0.388 e. The average Bonchev–Trinajstić information content (AvgIpc) is 2.47. The summed E-state index contributed by atoms with van der Waals surface area (Å²) >= 11 is 0. The van der Waals surface area contributed by atoms with E-state index in [1.54, 1.807) is 25.2 Å². The number of nitrogens with one attached hydrogen (secondary N) is 2. The Morgan fingerprint density at radius 1 is 1.29 bits per heavy atom. The van der Waals surface area contributed by atoms with Crippen LogP contribution in [0.2, 0.25) is 0 Å². The van der Waals surface area contributed by atoms with Gasteiger partial charge in [0.25, 0.3) is 5.91 Å². The van der Waals surface area contributed by atoms with Crippen molar-refractivity contribution in [3.63, 3.8) is 0 Å². The second kappa shape index (κ2) is 6.06. The Labute approximate surface area is 122 Å². The third kappa shape index (κ3) is 3.00. The smallest absolute Gasteiger partial charge is 0.255 e. The number of anilines is 2. The van der Waals surface area contributed by atoms with Crippen LogP contribution < -0.4 is 10.6 Å². The molecule has 0 radical (unpaired) electrons. The molecule has 0 saturated carbocycles. The summed E-state index contributed by atoms with van der Waals surface area (Å²) in [5.41, 5.74) is 2.15. The lowest BCUT2D eigenvalue weighted by Crippen LogP contribution is -2.14. The molecule has 0 fully saturated rings. The number of nitrogens with zero attached hydrogens (tertiary/aromatic N) is 1. The van der Waals surface area contributed by atoms with Crippen LogP contribution in [0.1, 0.15) is 21.5 Å². The lowest BCUT2D eigenvalue weighted by atomic mass is 10.1. The molecule has 0 aliphatic rings. The van der Waals surface area contributed by atoms with E-state index >= 15 is 0 Å². The number of hydrogen-bond acceptors (Lipinski definition) is 3. The number of carbonyl (C=O) groups is 1. The predicted octanol–water partition coefficient (Wildman–Crippen LogP) is 3.30. The van der Waals surface area contributed by atoms with Crippen LogP contribution in [0.15, 0.2) is 36.4 Å². The van der Waals surface area contributed by atoms with Crippen LogP contribution >= 0.6 is 0 Å². The van der Waals surface area contributed by atoms with Gasteiger partial charge in [0.1, 0.15) is 17.4 Å². The number of halogens is 1. The molecule has 0 aliphatic heterocycles. The van der Waals surface area contributed by atoms with E-state index in [9.17, 15) is 9.18 Å². The van der Waals surface area contributed by atoms with E-state index in [2.05, 4.69) is 10.6 Å². The van der Waals surface area contributed by atoms with Crippen LogP contribution in [0.5, 0.6) is 0 Å². The van der Waals surface area contributed by atoms with Gasteiger partial charge in [0.2, 0.25) is 0 Å². The van der Waals surface area contributed by atoms with E-state index in [4.69, 9.17) is 5.26 Å². The van der Waals surface area contributed by atoms with Crippen LogP contribution in [0.3, 0.4) is 0 Å². The van der Waals surface area contributed by atoms with Gasteiger partial charge < -0.3 is 10.6 Å². The summed E-state index contributed by atoms with van der Waals surface area (Å²) in [4.78, 5) is 12.3. The van der Waals surface area contributed by atoms with E-state index in [0.717, 1.165) is 11.3 Å². The molecule has 0 aromatic heterocycles. The molecule has 0 heterocycles. The van der Waals surface area contributed by atoms with Crippen LogP contribution in [0, 0.1) is 24.1 Å².